The molecule has 0 fully saturated rings. The number of hydrogen-bond donors (Lipinski definition) is 3. The lowest BCUT2D eigenvalue weighted by Crippen LogP contribution is -2.40. The lowest BCUT2D eigenvalue weighted by atomic mass is 10.1. The average Bonchev–Trinajstić information content (AvgIpc) is 2.95. The molecule has 3 N–H and O–H groups in total. The molecule has 1 aliphatic carbocycles. The maximum atomic E-state index is 11.9. The maximum Gasteiger partial charge on any atom is 0.315 e. The predicted molar refractivity (Wildman–Crippen MR) is 85.8 cm³/mol. The first kappa shape index (κ1) is 16.4. The van der Waals surface area contributed by atoms with Crippen molar-refractivity contribution in [2.45, 2.75) is 32.9 Å². The Labute approximate surface area is 131 Å². The number of nitrogens with one attached hydrogen (secondary N) is 2. The number of ether oxygens (including phenoxy) is 1. The maximum absolute atomic E-state index is 11.9. The summed E-state index contributed by atoms with van der Waals surface area (Å²) in [5.74, 6) is 1.03. The van der Waals surface area contributed by atoms with E-state index in [0.29, 0.717) is 13.2 Å². The van der Waals surface area contributed by atoms with E-state index >= 15 is 0 Å². The van der Waals surface area contributed by atoms with Crippen LogP contribution in [0.1, 0.15) is 24.5 Å². The molecule has 0 heterocycles. The van der Waals surface area contributed by atoms with Crippen LogP contribution in [0.25, 0.3) is 0 Å². The van der Waals surface area contributed by atoms with Gasteiger partial charge in [0.15, 0.2) is 0 Å². The molecule has 0 aromatic heterocycles. The Morgan fingerprint density at radius 3 is 2.86 bits per heavy atom. The van der Waals surface area contributed by atoms with Gasteiger partial charge in [0.2, 0.25) is 0 Å². The van der Waals surface area contributed by atoms with Gasteiger partial charge in [-0.05, 0) is 37.5 Å². The summed E-state index contributed by atoms with van der Waals surface area (Å²) in [7, 11) is 0. The second kappa shape index (κ2) is 7.84. The highest BCUT2D eigenvalue weighted by atomic mass is 16.5. The molecule has 0 spiro atoms. The van der Waals surface area contributed by atoms with Gasteiger partial charge in [-0.2, -0.15) is 0 Å². The molecule has 0 unspecified atom stereocenters. The van der Waals surface area contributed by atoms with Crippen LogP contribution < -0.4 is 15.4 Å². The van der Waals surface area contributed by atoms with Gasteiger partial charge in [0.25, 0.3) is 0 Å². The molecule has 0 saturated carbocycles. The zero-order valence-corrected chi connectivity index (χ0v) is 13.1. The van der Waals surface area contributed by atoms with Gasteiger partial charge in [0.1, 0.15) is 5.75 Å². The molecule has 5 heteroatoms. The monoisotopic (exact) mass is 304 g/mol. The van der Waals surface area contributed by atoms with E-state index in [4.69, 9.17) is 9.84 Å². The predicted octanol–water partition coefficient (Wildman–Crippen LogP) is 2.13. The fraction of sp³-hybridized carbons (Fsp3) is 0.471. The number of aliphatic hydroxyl groups is 1. The van der Waals surface area contributed by atoms with Gasteiger partial charge in [-0.3, -0.25) is 0 Å². The Balaban J connectivity index is 1.79. The molecule has 5 nitrogen and oxygen atoms in total. The molecule has 0 radical (unpaired) electrons. The van der Waals surface area contributed by atoms with E-state index < -0.39 is 0 Å². The van der Waals surface area contributed by atoms with Gasteiger partial charge in [0, 0.05) is 25.1 Å². The Bertz CT molecular complexity index is 543. The minimum Gasteiger partial charge on any atom is -0.494 e. The van der Waals surface area contributed by atoms with Gasteiger partial charge in [-0.1, -0.05) is 24.3 Å². The van der Waals surface area contributed by atoms with Crippen molar-refractivity contribution in [2.24, 2.45) is 5.92 Å². The molecule has 2 rings (SSSR count). The lowest BCUT2D eigenvalue weighted by Gasteiger charge is -2.14. The van der Waals surface area contributed by atoms with Crippen molar-refractivity contribution in [2.75, 3.05) is 13.2 Å². The van der Waals surface area contributed by atoms with Crippen LogP contribution in [0, 0.1) is 12.8 Å². The Hall–Kier alpha value is -2.01. The molecule has 22 heavy (non-hydrogen) atoms. The lowest BCUT2D eigenvalue weighted by molar-refractivity contribution is 0.231. The van der Waals surface area contributed by atoms with E-state index in [1.807, 2.05) is 44.2 Å². The van der Waals surface area contributed by atoms with Gasteiger partial charge < -0.3 is 20.5 Å². The van der Waals surface area contributed by atoms with E-state index in [9.17, 15) is 4.79 Å². The molecule has 1 aliphatic rings. The number of rotatable bonds is 6. The first-order chi connectivity index (χ1) is 10.6. The van der Waals surface area contributed by atoms with Gasteiger partial charge in [-0.25, -0.2) is 4.79 Å². The quantitative estimate of drug-likeness (QED) is 0.705. The van der Waals surface area contributed by atoms with Crippen LogP contribution in [-0.2, 0) is 6.54 Å². The zero-order chi connectivity index (χ0) is 15.9. The Kier molecular flexibility index (Phi) is 5.83. The highest BCUT2D eigenvalue weighted by Gasteiger charge is 2.19. The molecule has 0 saturated heterocycles. The standard InChI is InChI=1S/C17H24N2O3/c1-3-22-16-7-5-13(8-12(16)2)10-18-17(21)19-15-6-4-14(9-15)11-20/h4-8,14-15,20H,3,9-11H2,1-2H3,(H2,18,19,21)/t14-,15+/m0/s1. The van der Waals surface area contributed by atoms with Crippen molar-refractivity contribution in [3.8, 4) is 5.75 Å². The number of aliphatic hydroxyl groups excluding tert-OH is 1. The molecule has 0 aliphatic heterocycles. The third-order valence-electron chi connectivity index (χ3n) is 3.72. The van der Waals surface area contributed by atoms with Gasteiger partial charge in [0.05, 0.1) is 6.61 Å². The number of carbonyl (C=O) groups excluding carboxylic acids is 1. The molecular formula is C17H24N2O3. The van der Waals surface area contributed by atoms with Crippen LogP contribution in [0.15, 0.2) is 30.4 Å². The Morgan fingerprint density at radius 2 is 2.23 bits per heavy atom. The summed E-state index contributed by atoms with van der Waals surface area (Å²) >= 11 is 0. The first-order valence-electron chi connectivity index (χ1n) is 7.68. The molecular weight excluding hydrogens is 280 g/mol. The molecule has 1 aromatic rings. The molecule has 2 atom stereocenters. The van der Waals surface area contributed by atoms with Crippen LogP contribution in [0.3, 0.4) is 0 Å². The fourth-order valence-electron chi connectivity index (χ4n) is 2.56. The minimum atomic E-state index is -0.195. The van der Waals surface area contributed by atoms with E-state index in [1.54, 1.807) is 0 Å². The van der Waals surface area contributed by atoms with Gasteiger partial charge >= 0.3 is 6.03 Å². The first-order valence-corrected chi connectivity index (χ1v) is 7.68. The van der Waals surface area contributed by atoms with Crippen LogP contribution in [-0.4, -0.2) is 30.4 Å². The van der Waals surface area contributed by atoms with Crippen molar-refractivity contribution < 1.29 is 14.6 Å². The number of benzene rings is 1. The molecule has 1 aromatic carbocycles. The summed E-state index contributed by atoms with van der Waals surface area (Å²) in [6.07, 6.45) is 4.63. The SMILES string of the molecule is CCOc1ccc(CNC(=O)N[C@@H]2C=C[C@H](CO)C2)cc1C. The van der Waals surface area contributed by atoms with Crippen molar-refractivity contribution in [1.29, 1.82) is 0 Å². The smallest absolute Gasteiger partial charge is 0.315 e. The summed E-state index contributed by atoms with van der Waals surface area (Å²) in [5, 5.41) is 14.8. The second-order valence-electron chi connectivity index (χ2n) is 5.53. The highest BCUT2D eigenvalue weighted by molar-refractivity contribution is 5.74. The third kappa shape index (κ3) is 4.49. The average molecular weight is 304 g/mol. The molecule has 2 amide bonds. The second-order valence-corrected chi connectivity index (χ2v) is 5.53. The van der Waals surface area contributed by atoms with Crippen LogP contribution in [0.2, 0.25) is 0 Å². The molecule has 120 valence electrons. The van der Waals surface area contributed by atoms with E-state index in [0.717, 1.165) is 23.3 Å². The van der Waals surface area contributed by atoms with Crippen LogP contribution in [0.4, 0.5) is 4.79 Å². The fourth-order valence-corrected chi connectivity index (χ4v) is 2.56. The normalized spacial score (nSPS) is 20.0. The third-order valence-corrected chi connectivity index (χ3v) is 3.72. The van der Waals surface area contributed by atoms with E-state index in [2.05, 4.69) is 10.6 Å². The number of aryl methyl sites for hydroxylation is 1. The van der Waals surface area contributed by atoms with Crippen LogP contribution >= 0.6 is 0 Å². The topological polar surface area (TPSA) is 70.6 Å². The van der Waals surface area contributed by atoms with E-state index in [-0.39, 0.29) is 24.6 Å². The number of urea groups is 1. The van der Waals surface area contributed by atoms with Crippen LogP contribution in [0.5, 0.6) is 5.75 Å². The summed E-state index contributed by atoms with van der Waals surface area (Å²) in [5.41, 5.74) is 2.09. The largest absolute Gasteiger partial charge is 0.494 e. The highest BCUT2D eigenvalue weighted by Crippen LogP contribution is 2.19. The Morgan fingerprint density at radius 1 is 1.41 bits per heavy atom. The summed E-state index contributed by atoms with van der Waals surface area (Å²) < 4.78 is 5.50. The van der Waals surface area contributed by atoms with Crippen molar-refractivity contribution >= 4 is 6.03 Å². The summed E-state index contributed by atoms with van der Waals surface area (Å²) in [6.45, 7) is 5.19. The van der Waals surface area contributed by atoms with Crippen molar-refractivity contribution in [3.05, 3.63) is 41.5 Å². The zero-order valence-electron chi connectivity index (χ0n) is 13.1. The number of carbonyl (C=O) groups is 1. The summed E-state index contributed by atoms with van der Waals surface area (Å²) in [6, 6.07) is 5.70. The number of amides is 2. The minimum absolute atomic E-state index is 0.000726. The van der Waals surface area contributed by atoms with Crippen molar-refractivity contribution in [1.82, 2.24) is 10.6 Å². The van der Waals surface area contributed by atoms with E-state index in [1.165, 1.54) is 0 Å². The number of hydrogen-bond acceptors (Lipinski definition) is 3. The summed E-state index contributed by atoms with van der Waals surface area (Å²) in [4.78, 5) is 11.9. The van der Waals surface area contributed by atoms with Gasteiger partial charge in [-0.15, -0.1) is 0 Å². The molecule has 0 bridgehead atoms. The van der Waals surface area contributed by atoms with Crippen molar-refractivity contribution in [3.63, 3.8) is 0 Å².